The number of hydrogen-bond acceptors (Lipinski definition) is 4. The molecule has 0 bridgehead atoms. The fraction of sp³-hybridized carbons (Fsp3) is 0.923. The summed E-state index contributed by atoms with van der Waals surface area (Å²) in [6, 6.07) is 0.475. The Balaban J connectivity index is 2.23. The number of hydrazine groups is 1. The van der Waals surface area contributed by atoms with E-state index in [2.05, 4.69) is 36.2 Å². The van der Waals surface area contributed by atoms with Gasteiger partial charge in [0.25, 0.3) is 0 Å². The Kier molecular flexibility index (Phi) is 6.60. The molecule has 18 heavy (non-hydrogen) atoms. The zero-order valence-corrected chi connectivity index (χ0v) is 12.0. The predicted octanol–water partition coefficient (Wildman–Crippen LogP) is 0.419. The summed E-state index contributed by atoms with van der Waals surface area (Å²) in [5, 5.41) is 0. The number of nitrogens with two attached hydrogens (primary N) is 1. The van der Waals surface area contributed by atoms with Crippen LogP contribution in [-0.4, -0.2) is 55.5 Å². The van der Waals surface area contributed by atoms with E-state index < -0.39 is 0 Å². The molecule has 1 unspecified atom stereocenters. The van der Waals surface area contributed by atoms with Crippen LogP contribution in [0.1, 0.15) is 32.6 Å². The average molecular weight is 256 g/mol. The molecule has 1 amide bonds. The van der Waals surface area contributed by atoms with Crippen molar-refractivity contribution in [3.05, 3.63) is 0 Å². The third-order valence-corrected chi connectivity index (χ3v) is 3.85. The molecule has 3 N–H and O–H groups in total. The highest BCUT2D eigenvalue weighted by Crippen LogP contribution is 2.20. The summed E-state index contributed by atoms with van der Waals surface area (Å²) >= 11 is 0. The lowest BCUT2D eigenvalue weighted by Gasteiger charge is -2.36. The number of likely N-dealkylation sites (tertiary alicyclic amines) is 1. The fourth-order valence-corrected chi connectivity index (χ4v) is 2.69. The van der Waals surface area contributed by atoms with Crippen molar-refractivity contribution >= 4 is 5.91 Å². The first-order valence-corrected chi connectivity index (χ1v) is 6.91. The molecule has 1 heterocycles. The molecular weight excluding hydrogens is 228 g/mol. The van der Waals surface area contributed by atoms with Crippen molar-refractivity contribution in [1.82, 2.24) is 15.2 Å². The summed E-state index contributed by atoms with van der Waals surface area (Å²) in [6.45, 7) is 5.71. The highest BCUT2D eigenvalue weighted by molar-refractivity contribution is 5.75. The van der Waals surface area contributed by atoms with Crippen LogP contribution in [0.2, 0.25) is 0 Å². The highest BCUT2D eigenvalue weighted by atomic mass is 16.2. The van der Waals surface area contributed by atoms with Gasteiger partial charge in [-0.2, -0.15) is 0 Å². The van der Waals surface area contributed by atoms with E-state index >= 15 is 0 Å². The number of hydrogen-bond donors (Lipinski definition) is 2. The van der Waals surface area contributed by atoms with Gasteiger partial charge in [-0.1, -0.05) is 0 Å². The zero-order valence-electron chi connectivity index (χ0n) is 12.0. The van der Waals surface area contributed by atoms with Crippen LogP contribution in [0, 0.1) is 5.92 Å². The van der Waals surface area contributed by atoms with Crippen molar-refractivity contribution in [3.8, 4) is 0 Å². The van der Waals surface area contributed by atoms with Crippen LogP contribution in [0.5, 0.6) is 0 Å². The summed E-state index contributed by atoms with van der Waals surface area (Å²) in [6.07, 6.45) is 3.95. The van der Waals surface area contributed by atoms with E-state index in [4.69, 9.17) is 5.84 Å². The van der Waals surface area contributed by atoms with Crippen molar-refractivity contribution in [2.24, 2.45) is 11.8 Å². The lowest BCUT2D eigenvalue weighted by molar-refractivity contribution is -0.121. The number of nitrogens with one attached hydrogen (secondary N) is 1. The molecule has 0 spiro atoms. The van der Waals surface area contributed by atoms with Gasteiger partial charge in [0.2, 0.25) is 5.91 Å². The molecule has 0 aromatic heterocycles. The molecule has 1 saturated heterocycles. The average Bonchev–Trinajstić information content (AvgIpc) is 2.35. The van der Waals surface area contributed by atoms with E-state index in [-0.39, 0.29) is 5.91 Å². The second-order valence-electron chi connectivity index (χ2n) is 5.70. The van der Waals surface area contributed by atoms with Gasteiger partial charge in [-0.15, -0.1) is 0 Å². The maximum absolute atomic E-state index is 11.1. The molecule has 0 saturated carbocycles. The molecule has 1 fully saturated rings. The predicted molar refractivity (Wildman–Crippen MR) is 73.9 cm³/mol. The number of amides is 1. The molecule has 1 aliphatic rings. The first-order valence-electron chi connectivity index (χ1n) is 6.91. The number of carbonyl (C=O) groups excluding carboxylic acids is 1. The number of nitrogens with zero attached hydrogens (tertiary/aromatic N) is 2. The van der Waals surface area contributed by atoms with E-state index in [1.165, 1.54) is 19.4 Å². The minimum atomic E-state index is -0.0654. The van der Waals surface area contributed by atoms with Gasteiger partial charge in [0.15, 0.2) is 0 Å². The Bertz CT molecular complexity index is 249. The van der Waals surface area contributed by atoms with Crippen LogP contribution >= 0.6 is 0 Å². The van der Waals surface area contributed by atoms with Crippen LogP contribution in [0.3, 0.4) is 0 Å². The molecule has 106 valence electrons. The second kappa shape index (κ2) is 7.71. The summed E-state index contributed by atoms with van der Waals surface area (Å²) < 4.78 is 0. The topological polar surface area (TPSA) is 61.6 Å². The van der Waals surface area contributed by atoms with Gasteiger partial charge >= 0.3 is 0 Å². The molecule has 5 heteroatoms. The summed E-state index contributed by atoms with van der Waals surface area (Å²) in [5.74, 6) is 5.85. The number of rotatable bonds is 6. The van der Waals surface area contributed by atoms with Gasteiger partial charge < -0.3 is 9.80 Å². The van der Waals surface area contributed by atoms with E-state index in [1.807, 2.05) is 0 Å². The van der Waals surface area contributed by atoms with Gasteiger partial charge in [-0.25, -0.2) is 5.84 Å². The Hall–Kier alpha value is -0.650. The van der Waals surface area contributed by atoms with E-state index in [1.54, 1.807) is 0 Å². The Morgan fingerprint density at radius 3 is 2.56 bits per heavy atom. The molecule has 5 nitrogen and oxygen atoms in total. The number of carbonyl (C=O) groups is 1. The fourth-order valence-electron chi connectivity index (χ4n) is 2.69. The van der Waals surface area contributed by atoms with Gasteiger partial charge in [-0.05, 0) is 59.3 Å². The van der Waals surface area contributed by atoms with E-state index in [9.17, 15) is 4.79 Å². The SMILES string of the molecule is CC(CCC(=O)NN)N1CCC(CN(C)C)CC1. The normalized spacial score (nSPS) is 20.1. The second-order valence-corrected chi connectivity index (χ2v) is 5.70. The van der Waals surface area contributed by atoms with Crippen LogP contribution < -0.4 is 11.3 Å². The molecule has 1 atom stereocenters. The number of piperidine rings is 1. The monoisotopic (exact) mass is 256 g/mol. The third-order valence-electron chi connectivity index (χ3n) is 3.85. The standard InChI is InChI=1S/C13H28N4O/c1-11(4-5-13(18)15-14)17-8-6-12(7-9-17)10-16(2)3/h11-12H,4-10,14H2,1-3H3,(H,15,18). The lowest BCUT2D eigenvalue weighted by atomic mass is 9.95. The van der Waals surface area contributed by atoms with Crippen molar-refractivity contribution in [1.29, 1.82) is 0 Å². The maximum Gasteiger partial charge on any atom is 0.233 e. The molecule has 1 rings (SSSR count). The minimum absolute atomic E-state index is 0.0654. The van der Waals surface area contributed by atoms with Gasteiger partial charge in [0, 0.05) is 19.0 Å². The Morgan fingerprint density at radius 1 is 1.44 bits per heavy atom. The highest BCUT2D eigenvalue weighted by Gasteiger charge is 2.23. The Morgan fingerprint density at radius 2 is 2.06 bits per heavy atom. The summed E-state index contributed by atoms with van der Waals surface area (Å²) in [7, 11) is 4.28. The lowest BCUT2D eigenvalue weighted by Crippen LogP contribution is -2.42. The van der Waals surface area contributed by atoms with Crippen molar-refractivity contribution in [3.63, 3.8) is 0 Å². The summed E-state index contributed by atoms with van der Waals surface area (Å²) in [4.78, 5) is 15.9. The van der Waals surface area contributed by atoms with Gasteiger partial charge in [-0.3, -0.25) is 10.2 Å². The minimum Gasteiger partial charge on any atom is -0.309 e. The Labute approximate surface area is 111 Å². The molecule has 0 aromatic carbocycles. The van der Waals surface area contributed by atoms with Gasteiger partial charge in [0.1, 0.15) is 0 Å². The van der Waals surface area contributed by atoms with Gasteiger partial charge in [0.05, 0.1) is 0 Å². The maximum atomic E-state index is 11.1. The molecule has 0 radical (unpaired) electrons. The van der Waals surface area contributed by atoms with Crippen molar-refractivity contribution in [2.45, 2.75) is 38.6 Å². The summed E-state index contributed by atoms with van der Waals surface area (Å²) in [5.41, 5.74) is 2.19. The van der Waals surface area contributed by atoms with Crippen molar-refractivity contribution < 1.29 is 4.79 Å². The first-order chi connectivity index (χ1) is 8.52. The van der Waals surface area contributed by atoms with E-state index in [0.29, 0.717) is 12.5 Å². The zero-order chi connectivity index (χ0) is 13.5. The molecular formula is C13H28N4O. The van der Waals surface area contributed by atoms with Crippen molar-refractivity contribution in [2.75, 3.05) is 33.7 Å². The molecule has 0 aliphatic carbocycles. The van der Waals surface area contributed by atoms with Crippen LogP contribution in [0.4, 0.5) is 0 Å². The molecule has 0 aromatic rings. The van der Waals surface area contributed by atoms with Crippen LogP contribution in [-0.2, 0) is 4.79 Å². The largest absolute Gasteiger partial charge is 0.309 e. The van der Waals surface area contributed by atoms with E-state index in [0.717, 1.165) is 25.4 Å². The van der Waals surface area contributed by atoms with Crippen LogP contribution in [0.25, 0.3) is 0 Å². The van der Waals surface area contributed by atoms with Crippen LogP contribution in [0.15, 0.2) is 0 Å². The molecule has 1 aliphatic heterocycles. The first kappa shape index (κ1) is 15.4. The smallest absolute Gasteiger partial charge is 0.233 e. The quantitative estimate of drug-likeness (QED) is 0.411. The third kappa shape index (κ3) is 5.33.